The average molecular weight is 479 g/mol. The number of pyridine rings is 2. The third-order valence-corrected chi connectivity index (χ3v) is 8.67. The van der Waals surface area contributed by atoms with E-state index in [0.717, 1.165) is 57.2 Å². The van der Waals surface area contributed by atoms with E-state index in [0.29, 0.717) is 0 Å². The second kappa shape index (κ2) is 7.65. The van der Waals surface area contributed by atoms with E-state index in [2.05, 4.69) is 94.9 Å². The summed E-state index contributed by atoms with van der Waals surface area (Å²) in [6.45, 7) is 15.5. The predicted molar refractivity (Wildman–Crippen MR) is 150 cm³/mol. The number of aryl methyl sites for hydroxylation is 2. The molecule has 6 rings (SSSR count). The van der Waals surface area contributed by atoms with Gasteiger partial charge in [-0.1, -0.05) is 65.8 Å². The molecule has 0 spiro atoms. The van der Waals surface area contributed by atoms with E-state index in [4.69, 9.17) is 10.8 Å². The Hall–Kier alpha value is -3.20. The van der Waals surface area contributed by atoms with Gasteiger partial charge in [0, 0.05) is 30.5 Å². The minimum absolute atomic E-state index is 0.0565. The van der Waals surface area contributed by atoms with Crippen molar-refractivity contribution in [3.8, 4) is 11.3 Å². The fourth-order valence-corrected chi connectivity index (χ4v) is 6.43. The smallest absolute Gasteiger partial charge is 0.227 e. The van der Waals surface area contributed by atoms with Gasteiger partial charge in [-0.3, -0.25) is 0 Å². The van der Waals surface area contributed by atoms with Gasteiger partial charge in [0.1, 0.15) is 7.05 Å². The van der Waals surface area contributed by atoms with Crippen molar-refractivity contribution in [1.29, 1.82) is 0 Å². The minimum atomic E-state index is -0.673. The van der Waals surface area contributed by atoms with Gasteiger partial charge in [-0.05, 0) is 64.8 Å². The molecular formula is C33H37N2O+. The summed E-state index contributed by atoms with van der Waals surface area (Å²) in [7, 11) is 2.12. The van der Waals surface area contributed by atoms with Gasteiger partial charge in [0.25, 0.3) is 0 Å². The molecule has 36 heavy (non-hydrogen) atoms. The van der Waals surface area contributed by atoms with Crippen LogP contribution < -0.4 is 4.57 Å². The van der Waals surface area contributed by atoms with Crippen LogP contribution >= 0.6 is 0 Å². The fraction of sp³-hybridized carbons (Fsp3) is 0.394. The van der Waals surface area contributed by atoms with Crippen molar-refractivity contribution in [1.82, 2.24) is 4.98 Å². The summed E-state index contributed by atoms with van der Waals surface area (Å²) in [5.74, 6) is -0.673. The summed E-state index contributed by atoms with van der Waals surface area (Å²) in [6, 6.07) is 15.1. The highest BCUT2D eigenvalue weighted by atomic mass is 16.3. The molecule has 0 saturated heterocycles. The molecule has 3 heterocycles. The Kier molecular flexibility index (Phi) is 4.68. The molecule has 0 N–H and O–H groups in total. The molecule has 1 aliphatic carbocycles. The zero-order valence-electron chi connectivity index (χ0n) is 23.8. The van der Waals surface area contributed by atoms with Crippen LogP contribution in [0, 0.1) is 6.92 Å². The lowest BCUT2D eigenvalue weighted by molar-refractivity contribution is -0.633. The Balaban J connectivity index is 1.69. The lowest BCUT2D eigenvalue weighted by atomic mass is 9.63. The van der Waals surface area contributed by atoms with Crippen LogP contribution in [0.2, 0.25) is 0 Å². The number of hydrogen-bond acceptors (Lipinski definition) is 2. The van der Waals surface area contributed by atoms with Crippen LogP contribution in [0.5, 0.6) is 0 Å². The van der Waals surface area contributed by atoms with Gasteiger partial charge in [0.15, 0.2) is 5.58 Å². The Morgan fingerprint density at radius 1 is 0.972 bits per heavy atom. The maximum absolute atomic E-state index is 8.65. The number of nitrogens with zero attached hydrogens (tertiary/aromatic N) is 2. The lowest BCUT2D eigenvalue weighted by Crippen LogP contribution is -2.34. The van der Waals surface area contributed by atoms with Crippen molar-refractivity contribution in [2.24, 2.45) is 7.05 Å². The first kappa shape index (κ1) is 22.0. The summed E-state index contributed by atoms with van der Waals surface area (Å²) in [4.78, 5) is 4.87. The van der Waals surface area contributed by atoms with Gasteiger partial charge < -0.3 is 4.42 Å². The number of benzene rings is 2. The molecule has 3 nitrogen and oxygen atoms in total. The van der Waals surface area contributed by atoms with Crippen molar-refractivity contribution in [2.75, 3.05) is 0 Å². The SMILES string of the molecule is [2H]C(C)(C)c1cccc2c1ccc(-c1c(C)ccc3c1oc1ncc4c(c13)C(C)(C)CCC4(C)C)[n+]2C. The molecule has 0 radical (unpaired) electrons. The van der Waals surface area contributed by atoms with E-state index in [9.17, 15) is 0 Å². The van der Waals surface area contributed by atoms with Crippen molar-refractivity contribution in [2.45, 2.75) is 78.0 Å². The molecule has 0 atom stereocenters. The van der Waals surface area contributed by atoms with Crippen LogP contribution in [0.25, 0.3) is 44.2 Å². The molecule has 3 aromatic heterocycles. The van der Waals surface area contributed by atoms with Gasteiger partial charge in [-0.15, -0.1) is 0 Å². The van der Waals surface area contributed by atoms with E-state index in [1.54, 1.807) is 0 Å². The summed E-state index contributed by atoms with van der Waals surface area (Å²) < 4.78 is 17.5. The molecule has 1 aliphatic rings. The van der Waals surface area contributed by atoms with Crippen LogP contribution in [-0.4, -0.2) is 4.98 Å². The molecule has 0 amide bonds. The van der Waals surface area contributed by atoms with E-state index in [1.807, 2.05) is 13.8 Å². The third kappa shape index (κ3) is 3.18. The van der Waals surface area contributed by atoms with Gasteiger partial charge >= 0.3 is 0 Å². The third-order valence-electron chi connectivity index (χ3n) is 8.67. The van der Waals surface area contributed by atoms with E-state index in [-0.39, 0.29) is 10.8 Å². The van der Waals surface area contributed by atoms with Gasteiger partial charge in [-0.2, -0.15) is 4.57 Å². The van der Waals surface area contributed by atoms with Crippen molar-refractivity contribution in [3.63, 3.8) is 0 Å². The molecule has 0 unspecified atom stereocenters. The Labute approximate surface area is 215 Å². The summed E-state index contributed by atoms with van der Waals surface area (Å²) in [5, 5.41) is 3.43. The first-order chi connectivity index (χ1) is 17.3. The second-order valence-electron chi connectivity index (χ2n) is 12.2. The van der Waals surface area contributed by atoms with Crippen LogP contribution in [0.4, 0.5) is 0 Å². The molecule has 0 fully saturated rings. The Bertz CT molecular complexity index is 1730. The highest BCUT2D eigenvalue weighted by molar-refractivity contribution is 6.11. The van der Waals surface area contributed by atoms with Crippen molar-refractivity contribution < 1.29 is 10.4 Å². The van der Waals surface area contributed by atoms with Crippen molar-refractivity contribution >= 4 is 33.0 Å². The molecule has 2 aromatic carbocycles. The van der Waals surface area contributed by atoms with Crippen molar-refractivity contribution in [3.05, 3.63) is 70.9 Å². The van der Waals surface area contributed by atoms with Gasteiger partial charge in [-0.25, -0.2) is 4.98 Å². The number of fused-ring (bicyclic) bond motifs is 6. The summed E-state index contributed by atoms with van der Waals surface area (Å²) >= 11 is 0. The predicted octanol–water partition coefficient (Wildman–Crippen LogP) is 8.41. The van der Waals surface area contributed by atoms with Crippen LogP contribution in [0.15, 0.2) is 53.1 Å². The maximum Gasteiger partial charge on any atom is 0.227 e. The number of rotatable bonds is 2. The maximum atomic E-state index is 8.65. The monoisotopic (exact) mass is 478 g/mol. The molecule has 0 aliphatic heterocycles. The summed E-state index contributed by atoms with van der Waals surface area (Å²) in [6.07, 6.45) is 4.36. The second-order valence-corrected chi connectivity index (χ2v) is 12.2. The highest BCUT2D eigenvalue weighted by Crippen LogP contribution is 2.50. The summed E-state index contributed by atoms with van der Waals surface area (Å²) in [5.41, 5.74) is 10.1. The van der Waals surface area contributed by atoms with Crippen LogP contribution in [0.1, 0.15) is 83.9 Å². The number of furan rings is 1. The van der Waals surface area contributed by atoms with Crippen LogP contribution in [0.3, 0.4) is 0 Å². The zero-order chi connectivity index (χ0) is 26.5. The lowest BCUT2D eigenvalue weighted by Gasteiger charge is -2.41. The van der Waals surface area contributed by atoms with E-state index >= 15 is 0 Å². The Morgan fingerprint density at radius 2 is 1.69 bits per heavy atom. The van der Waals surface area contributed by atoms with Gasteiger partial charge in [0.05, 0.1) is 10.9 Å². The quantitative estimate of drug-likeness (QED) is 0.238. The standard InChI is InChI=1S/C33H37N2O/c1-19(2)21-10-9-11-25-22(21)14-15-26(35(25)8)27-20(3)12-13-23-28-29-24(18-34-31(28)36-30(23)27)32(4,5)16-17-33(29,6)7/h9-15,18-19H,16-17H2,1-8H3/q+1/i19D. The topological polar surface area (TPSA) is 29.9 Å². The highest BCUT2D eigenvalue weighted by Gasteiger charge is 2.40. The van der Waals surface area contributed by atoms with Gasteiger partial charge in [0.2, 0.25) is 16.9 Å². The number of aromatic nitrogens is 2. The van der Waals surface area contributed by atoms with Crippen LogP contribution in [-0.2, 0) is 17.9 Å². The molecular weight excluding hydrogens is 440 g/mol. The normalized spacial score (nSPS) is 17.5. The zero-order valence-corrected chi connectivity index (χ0v) is 22.8. The fourth-order valence-electron chi connectivity index (χ4n) is 6.43. The first-order valence-corrected chi connectivity index (χ1v) is 13.1. The number of hydrogen-bond donors (Lipinski definition) is 0. The first-order valence-electron chi connectivity index (χ1n) is 13.6. The minimum Gasteiger partial charge on any atom is -0.437 e. The van der Waals surface area contributed by atoms with E-state index in [1.165, 1.54) is 22.1 Å². The Morgan fingerprint density at radius 3 is 2.44 bits per heavy atom. The average Bonchev–Trinajstić information content (AvgIpc) is 3.20. The largest absolute Gasteiger partial charge is 0.437 e. The molecule has 0 saturated carbocycles. The van der Waals surface area contributed by atoms with E-state index < -0.39 is 5.89 Å². The molecule has 3 heteroatoms. The molecule has 5 aromatic rings. The molecule has 184 valence electrons. The molecule has 0 bridgehead atoms.